The third kappa shape index (κ3) is 19.5. The highest BCUT2D eigenvalue weighted by atomic mass is 16.5. The number of hydrogen-bond acceptors (Lipinski definition) is 20. The molecule has 12 rings (SSSR count). The van der Waals surface area contributed by atoms with Gasteiger partial charge in [-0.15, -0.1) is 0 Å². The van der Waals surface area contributed by atoms with Crippen LogP contribution in [0.5, 0.6) is 23.0 Å². The molecule has 0 saturated carbocycles. The Labute approximate surface area is 563 Å². The summed E-state index contributed by atoms with van der Waals surface area (Å²) in [4.78, 5) is 56.1. The van der Waals surface area contributed by atoms with Crippen molar-refractivity contribution in [3.63, 3.8) is 0 Å². The first-order valence-corrected chi connectivity index (χ1v) is 32.3. The first-order valence-electron chi connectivity index (χ1n) is 32.3. The van der Waals surface area contributed by atoms with Crippen molar-refractivity contribution in [2.24, 2.45) is 5.41 Å². The van der Waals surface area contributed by atoms with E-state index in [4.69, 9.17) is 57.8 Å². The minimum absolute atomic E-state index is 0.246. The van der Waals surface area contributed by atoms with Gasteiger partial charge in [0.25, 0.3) is 0 Å². The summed E-state index contributed by atoms with van der Waals surface area (Å²) in [5, 5.41) is 0. The van der Waals surface area contributed by atoms with Gasteiger partial charge in [-0.25, -0.2) is 19.9 Å². The molecule has 20 nitrogen and oxygen atoms in total. The van der Waals surface area contributed by atoms with Crippen LogP contribution in [0.1, 0.15) is 25.7 Å². The van der Waals surface area contributed by atoms with Crippen molar-refractivity contribution < 1.29 is 37.9 Å². The standard InChI is InChI=1S/C77H72N12O8/c1-9-29-78-61(21-1)69-45-57(46-70(86-69)62-22-2-10-30-79-62)94-41-17-37-90-53-77(54-91-38-18-42-95-58-47-71(63-23-3-11-31-80-63)87-72(48-58)64-24-4-12-32-81-64,55-92-39-19-43-96-59-49-73(65-25-5-13-33-82-65)88-74(50-59)66-26-6-14-34-83-66)56-93-40-20-44-97-60-51-75(67-27-7-15-35-84-67)89-76(52-60)68-28-8-16-36-85-68/h1-16,21-36,45-52H,17-20,37-44,53-56H2. The summed E-state index contributed by atoms with van der Waals surface area (Å²) in [6.07, 6.45) is 16.3. The summed E-state index contributed by atoms with van der Waals surface area (Å²) < 4.78 is 52.3. The number of pyridine rings is 12. The topological polar surface area (TPSA) is 229 Å². The lowest BCUT2D eigenvalue weighted by Crippen LogP contribution is -2.42. The van der Waals surface area contributed by atoms with Crippen molar-refractivity contribution >= 4 is 0 Å². The molecular formula is C77H72N12O8. The highest BCUT2D eigenvalue weighted by Gasteiger charge is 2.33. The van der Waals surface area contributed by atoms with Crippen LogP contribution >= 0.6 is 0 Å². The van der Waals surface area contributed by atoms with Crippen LogP contribution in [0.15, 0.2) is 244 Å². The van der Waals surface area contributed by atoms with Crippen molar-refractivity contribution in [3.8, 4) is 114 Å². The summed E-state index contributed by atoms with van der Waals surface area (Å²) >= 11 is 0. The van der Waals surface area contributed by atoms with E-state index in [1.54, 1.807) is 49.6 Å². The molecule has 0 aliphatic heterocycles. The number of hydrogen-bond donors (Lipinski definition) is 0. The molecule has 0 fully saturated rings. The van der Waals surface area contributed by atoms with E-state index in [9.17, 15) is 0 Å². The third-order valence-electron chi connectivity index (χ3n) is 15.1. The molecule has 0 radical (unpaired) electrons. The Morgan fingerprint density at radius 2 is 0.381 bits per heavy atom. The summed E-state index contributed by atoms with van der Waals surface area (Å²) in [5.74, 6) is 2.56. The van der Waals surface area contributed by atoms with Crippen LogP contribution < -0.4 is 18.9 Å². The van der Waals surface area contributed by atoms with E-state index in [1.165, 1.54) is 0 Å². The van der Waals surface area contributed by atoms with E-state index in [1.807, 2.05) is 194 Å². The zero-order chi connectivity index (χ0) is 65.8. The second kappa shape index (κ2) is 34.8. The van der Waals surface area contributed by atoms with Gasteiger partial charge < -0.3 is 37.9 Å². The van der Waals surface area contributed by atoms with Crippen LogP contribution in [-0.4, -0.2) is 139 Å². The Bertz CT molecular complexity index is 3530. The lowest BCUT2D eigenvalue weighted by Gasteiger charge is -2.33. The van der Waals surface area contributed by atoms with E-state index in [2.05, 4.69) is 39.9 Å². The Morgan fingerprint density at radius 3 is 0.536 bits per heavy atom. The van der Waals surface area contributed by atoms with Gasteiger partial charge >= 0.3 is 0 Å². The Kier molecular flexibility index (Phi) is 23.7. The first-order chi connectivity index (χ1) is 48.0. The van der Waals surface area contributed by atoms with Crippen LogP contribution in [0.25, 0.3) is 91.1 Å². The lowest BCUT2D eigenvalue weighted by atomic mass is 9.92. The van der Waals surface area contributed by atoms with Gasteiger partial charge in [0, 0.05) is 150 Å². The molecule has 0 bridgehead atoms. The molecule has 12 aromatic rings. The highest BCUT2D eigenvalue weighted by Crippen LogP contribution is 2.32. The van der Waals surface area contributed by atoms with Gasteiger partial charge in [0.15, 0.2) is 0 Å². The SMILES string of the molecule is c1ccc(-c2cc(OCCCOCC(COCCCOc3cc(-c4ccccn4)nc(-c4ccccn4)c3)(COCCCOc3cc(-c4ccccn4)nc(-c4ccccn4)c3)COCCCOc3cc(-c4ccccn4)nc(-c4ccccn4)c3)cc(-c3ccccn3)n2)nc1. The van der Waals surface area contributed by atoms with Gasteiger partial charge in [0.05, 0.1) is 149 Å². The molecule has 488 valence electrons. The van der Waals surface area contributed by atoms with Gasteiger partial charge in [-0.2, -0.15) is 0 Å². The van der Waals surface area contributed by atoms with Crippen molar-refractivity contribution in [3.05, 3.63) is 244 Å². The van der Waals surface area contributed by atoms with Gasteiger partial charge in [-0.1, -0.05) is 48.5 Å². The van der Waals surface area contributed by atoms with Crippen molar-refractivity contribution in [2.45, 2.75) is 25.7 Å². The summed E-state index contributed by atoms with van der Waals surface area (Å²) in [6, 6.07) is 61.1. The molecule has 0 N–H and O–H groups in total. The fourth-order valence-corrected chi connectivity index (χ4v) is 10.3. The monoisotopic (exact) mass is 1290 g/mol. The molecule has 20 heteroatoms. The molecule has 12 aromatic heterocycles. The molecule has 0 saturated heterocycles. The largest absolute Gasteiger partial charge is 0.493 e. The zero-order valence-corrected chi connectivity index (χ0v) is 53.5. The van der Waals surface area contributed by atoms with Crippen LogP contribution in [0.3, 0.4) is 0 Å². The summed E-state index contributed by atoms with van der Waals surface area (Å²) in [7, 11) is 0. The molecule has 12 heterocycles. The number of rotatable bonds is 36. The zero-order valence-electron chi connectivity index (χ0n) is 53.5. The van der Waals surface area contributed by atoms with Gasteiger partial charge in [-0.3, -0.25) is 39.9 Å². The van der Waals surface area contributed by atoms with Gasteiger partial charge in [-0.05, 0) is 97.1 Å². The minimum atomic E-state index is -0.773. The smallest absolute Gasteiger partial charge is 0.123 e. The molecule has 0 amide bonds. The van der Waals surface area contributed by atoms with Crippen molar-refractivity contribution in [1.82, 2.24) is 59.8 Å². The second-order valence-electron chi connectivity index (χ2n) is 22.5. The van der Waals surface area contributed by atoms with Crippen LogP contribution in [0.4, 0.5) is 0 Å². The third-order valence-corrected chi connectivity index (χ3v) is 15.1. The molecule has 0 aromatic carbocycles. The molecule has 97 heavy (non-hydrogen) atoms. The lowest BCUT2D eigenvalue weighted by molar-refractivity contribution is -0.109. The second-order valence-corrected chi connectivity index (χ2v) is 22.5. The molecular weight excluding hydrogens is 1220 g/mol. The molecule has 0 aliphatic carbocycles. The van der Waals surface area contributed by atoms with E-state index < -0.39 is 5.41 Å². The Morgan fingerprint density at radius 1 is 0.206 bits per heavy atom. The number of ether oxygens (including phenoxy) is 8. The highest BCUT2D eigenvalue weighted by molar-refractivity contribution is 5.68. The predicted molar refractivity (Wildman–Crippen MR) is 369 cm³/mol. The van der Waals surface area contributed by atoms with E-state index in [-0.39, 0.29) is 26.4 Å². The minimum Gasteiger partial charge on any atom is -0.493 e. The fraction of sp³-hybridized carbons (Fsp3) is 0.221. The maximum Gasteiger partial charge on any atom is 0.123 e. The van der Waals surface area contributed by atoms with E-state index in [0.29, 0.717) is 147 Å². The average Bonchev–Trinajstić information content (AvgIpc) is 1.08. The fourth-order valence-electron chi connectivity index (χ4n) is 10.3. The number of aromatic nitrogens is 12. The average molecular weight is 1290 g/mol. The number of nitrogens with zero attached hydrogens (tertiary/aromatic N) is 12. The molecule has 0 spiro atoms. The van der Waals surface area contributed by atoms with Gasteiger partial charge in [0.1, 0.15) is 23.0 Å². The van der Waals surface area contributed by atoms with E-state index >= 15 is 0 Å². The van der Waals surface area contributed by atoms with Crippen LogP contribution in [0.2, 0.25) is 0 Å². The Balaban J connectivity index is 0.739. The quantitative estimate of drug-likeness (QED) is 0.0332. The summed E-state index contributed by atoms with van der Waals surface area (Å²) in [6.45, 7) is 3.92. The van der Waals surface area contributed by atoms with Crippen LogP contribution in [-0.2, 0) is 18.9 Å². The Hall–Kier alpha value is -11.2. The molecule has 0 atom stereocenters. The van der Waals surface area contributed by atoms with E-state index in [0.717, 1.165) is 45.6 Å². The molecule has 0 unspecified atom stereocenters. The summed E-state index contributed by atoms with van der Waals surface area (Å²) in [5.41, 5.74) is 10.4. The normalized spacial score (nSPS) is 11.3. The van der Waals surface area contributed by atoms with Gasteiger partial charge in [0.2, 0.25) is 0 Å². The van der Waals surface area contributed by atoms with Crippen molar-refractivity contribution in [2.75, 3.05) is 79.3 Å². The van der Waals surface area contributed by atoms with Crippen molar-refractivity contribution in [1.29, 1.82) is 0 Å². The maximum atomic E-state index is 6.64. The first kappa shape index (κ1) is 65.9. The van der Waals surface area contributed by atoms with Crippen LogP contribution in [0, 0.1) is 5.41 Å². The molecule has 0 aliphatic rings. The maximum absolute atomic E-state index is 6.64. The predicted octanol–water partition coefficient (Wildman–Crippen LogP) is 14.0.